The molecular formula is C22H36O10. The van der Waals surface area contributed by atoms with Crippen LogP contribution < -0.4 is 0 Å². The summed E-state index contributed by atoms with van der Waals surface area (Å²) in [7, 11) is 5.30. The number of ketones is 1. The highest BCUT2D eigenvalue weighted by Crippen LogP contribution is 2.56. The van der Waals surface area contributed by atoms with E-state index in [0.29, 0.717) is 32.3 Å². The number of hydrogen-bond acceptors (Lipinski definition) is 10. The molecule has 0 aromatic heterocycles. The minimum absolute atomic E-state index is 0.0795. The third kappa shape index (κ3) is 5.29. The number of rotatable bonds is 6. The topological polar surface area (TPSA) is 135 Å². The van der Waals surface area contributed by atoms with Crippen LogP contribution in [0.4, 0.5) is 0 Å². The standard InChI is InChI=1S/C11H16O5.C10H16O4.CH4O/c1-8(12)16-7-6-11(10(14)15-2)5-3-4-9(11)13;1-12-8(11)9-4-3-5-10(9,13-2)14-7-6-9;1-2/h3-7H2,1-2H3;3-7H2,1-2H3;2H,1H3. The Morgan fingerprint density at radius 2 is 1.62 bits per heavy atom. The number of hydrogen-bond donors (Lipinski definition) is 1. The summed E-state index contributed by atoms with van der Waals surface area (Å²) in [4.78, 5) is 45.8. The molecule has 0 amide bonds. The van der Waals surface area contributed by atoms with Crippen LogP contribution in [0.25, 0.3) is 0 Å². The largest absolute Gasteiger partial charge is 0.468 e. The van der Waals surface area contributed by atoms with Crippen molar-refractivity contribution in [3.63, 3.8) is 0 Å². The maximum Gasteiger partial charge on any atom is 0.319 e. The van der Waals surface area contributed by atoms with Gasteiger partial charge in [0.25, 0.3) is 0 Å². The average molecular weight is 461 g/mol. The van der Waals surface area contributed by atoms with E-state index in [1.165, 1.54) is 21.1 Å². The number of aliphatic hydroxyl groups excluding tert-OH is 1. The molecule has 184 valence electrons. The summed E-state index contributed by atoms with van der Waals surface area (Å²) in [6, 6.07) is 0. The normalized spacial score (nSPS) is 30.2. The third-order valence-corrected chi connectivity index (χ3v) is 6.56. The van der Waals surface area contributed by atoms with Crippen LogP contribution in [0.3, 0.4) is 0 Å². The number of aliphatic hydroxyl groups is 1. The van der Waals surface area contributed by atoms with Gasteiger partial charge in [-0.15, -0.1) is 0 Å². The lowest BCUT2D eigenvalue weighted by Crippen LogP contribution is -2.48. The first-order chi connectivity index (χ1) is 15.2. The highest BCUT2D eigenvalue weighted by molar-refractivity contribution is 6.05. The second kappa shape index (κ2) is 12.3. The lowest BCUT2D eigenvalue weighted by Gasteiger charge is -2.35. The van der Waals surface area contributed by atoms with E-state index in [4.69, 9.17) is 24.1 Å². The van der Waals surface area contributed by atoms with Gasteiger partial charge in [-0.05, 0) is 32.1 Å². The van der Waals surface area contributed by atoms with Gasteiger partial charge in [-0.25, -0.2) is 0 Å². The molecule has 0 spiro atoms. The van der Waals surface area contributed by atoms with E-state index < -0.39 is 28.6 Å². The van der Waals surface area contributed by atoms with Crippen molar-refractivity contribution in [3.05, 3.63) is 0 Å². The van der Waals surface area contributed by atoms with Crippen LogP contribution in [0.2, 0.25) is 0 Å². The number of carbonyl (C=O) groups excluding carboxylic acids is 4. The van der Waals surface area contributed by atoms with Gasteiger partial charge in [0.15, 0.2) is 5.79 Å². The summed E-state index contributed by atoms with van der Waals surface area (Å²) in [5, 5.41) is 7.00. The minimum Gasteiger partial charge on any atom is -0.468 e. The fourth-order valence-corrected chi connectivity index (χ4v) is 4.96. The first-order valence-corrected chi connectivity index (χ1v) is 10.7. The molecule has 2 saturated carbocycles. The Morgan fingerprint density at radius 3 is 2.12 bits per heavy atom. The van der Waals surface area contributed by atoms with E-state index in [-0.39, 0.29) is 24.8 Å². The number of carbonyl (C=O) groups is 4. The Balaban J connectivity index is 0.000000299. The number of methoxy groups -OCH3 is 3. The lowest BCUT2D eigenvalue weighted by atomic mass is 9.80. The molecule has 10 heteroatoms. The van der Waals surface area contributed by atoms with Crippen LogP contribution in [-0.4, -0.2) is 76.2 Å². The molecule has 0 aromatic carbocycles. The summed E-state index contributed by atoms with van der Waals surface area (Å²) >= 11 is 0. The second-order valence-electron chi connectivity index (χ2n) is 7.92. The van der Waals surface area contributed by atoms with Crippen molar-refractivity contribution in [2.24, 2.45) is 10.8 Å². The molecule has 0 bridgehead atoms. The Kier molecular flexibility index (Phi) is 10.7. The predicted octanol–water partition coefficient (Wildman–Crippen LogP) is 1.55. The molecule has 0 radical (unpaired) electrons. The lowest BCUT2D eigenvalue weighted by molar-refractivity contribution is -0.236. The van der Waals surface area contributed by atoms with Crippen molar-refractivity contribution < 1.29 is 48.0 Å². The van der Waals surface area contributed by atoms with E-state index in [1.807, 2.05) is 0 Å². The summed E-state index contributed by atoms with van der Waals surface area (Å²) in [5.74, 6) is -1.92. The molecule has 10 nitrogen and oxygen atoms in total. The Bertz CT molecular complexity index is 664. The van der Waals surface area contributed by atoms with Gasteiger partial charge in [-0.3, -0.25) is 19.2 Å². The first kappa shape index (κ1) is 28.0. The fraction of sp³-hybridized carbons (Fsp3) is 0.818. The fourth-order valence-electron chi connectivity index (χ4n) is 4.96. The monoisotopic (exact) mass is 460 g/mol. The van der Waals surface area contributed by atoms with Gasteiger partial charge in [0.2, 0.25) is 0 Å². The summed E-state index contributed by atoms with van der Waals surface area (Å²) in [6.07, 6.45) is 5.07. The van der Waals surface area contributed by atoms with Gasteiger partial charge >= 0.3 is 17.9 Å². The molecule has 32 heavy (non-hydrogen) atoms. The van der Waals surface area contributed by atoms with Crippen LogP contribution in [0.15, 0.2) is 0 Å². The Labute approximate surface area is 188 Å². The number of esters is 3. The van der Waals surface area contributed by atoms with E-state index in [9.17, 15) is 19.2 Å². The summed E-state index contributed by atoms with van der Waals surface area (Å²) < 4.78 is 25.3. The summed E-state index contributed by atoms with van der Waals surface area (Å²) in [5.41, 5.74) is -1.62. The maximum absolute atomic E-state index is 11.8. The zero-order chi connectivity index (χ0) is 24.4. The van der Waals surface area contributed by atoms with Crippen molar-refractivity contribution in [1.82, 2.24) is 0 Å². The molecule has 3 unspecified atom stereocenters. The molecule has 1 aliphatic heterocycles. The van der Waals surface area contributed by atoms with Crippen molar-refractivity contribution in [1.29, 1.82) is 0 Å². The average Bonchev–Trinajstić information content (AvgIpc) is 3.46. The van der Waals surface area contributed by atoms with Crippen LogP contribution in [-0.2, 0) is 42.9 Å². The Hall–Kier alpha value is -2.04. The van der Waals surface area contributed by atoms with Gasteiger partial charge in [-0.2, -0.15) is 0 Å². The maximum atomic E-state index is 11.8. The number of fused-ring (bicyclic) bond motifs is 1. The van der Waals surface area contributed by atoms with Crippen LogP contribution in [0.1, 0.15) is 58.3 Å². The van der Waals surface area contributed by atoms with Crippen LogP contribution >= 0.6 is 0 Å². The Morgan fingerprint density at radius 1 is 0.969 bits per heavy atom. The van der Waals surface area contributed by atoms with Gasteiger partial charge in [0, 0.05) is 40.4 Å². The minimum atomic E-state index is -1.08. The molecular weight excluding hydrogens is 424 g/mol. The van der Waals surface area contributed by atoms with E-state index in [1.54, 1.807) is 7.11 Å². The number of Topliss-reactive ketones (excluding diaryl/α,β-unsaturated/α-hetero) is 1. The molecule has 1 N–H and O–H groups in total. The quantitative estimate of drug-likeness (QED) is 0.353. The van der Waals surface area contributed by atoms with Gasteiger partial charge < -0.3 is 28.8 Å². The van der Waals surface area contributed by atoms with Crippen molar-refractivity contribution >= 4 is 23.7 Å². The first-order valence-electron chi connectivity index (χ1n) is 10.7. The SMILES string of the molecule is CO.COC(=O)C1(CCOC(C)=O)CCCC1=O.COC(=O)C12CCCC1(OC)OCC2. The van der Waals surface area contributed by atoms with E-state index >= 15 is 0 Å². The summed E-state index contributed by atoms with van der Waals surface area (Å²) in [6.45, 7) is 1.96. The van der Waals surface area contributed by atoms with Gasteiger partial charge in [0.05, 0.1) is 27.4 Å². The van der Waals surface area contributed by atoms with Crippen molar-refractivity contribution in [3.8, 4) is 0 Å². The van der Waals surface area contributed by atoms with Crippen LogP contribution in [0.5, 0.6) is 0 Å². The zero-order valence-corrected chi connectivity index (χ0v) is 19.7. The molecule has 3 rings (SSSR count). The molecule has 1 saturated heterocycles. The number of ether oxygens (including phenoxy) is 5. The molecule has 0 aromatic rings. The van der Waals surface area contributed by atoms with Crippen molar-refractivity contribution in [2.45, 2.75) is 64.1 Å². The molecule has 2 aliphatic carbocycles. The highest BCUT2D eigenvalue weighted by atomic mass is 16.7. The molecule has 1 heterocycles. The van der Waals surface area contributed by atoms with E-state index in [2.05, 4.69) is 4.74 Å². The smallest absolute Gasteiger partial charge is 0.319 e. The van der Waals surface area contributed by atoms with E-state index in [0.717, 1.165) is 26.4 Å². The van der Waals surface area contributed by atoms with Crippen LogP contribution in [0, 0.1) is 10.8 Å². The molecule has 3 aliphatic rings. The molecule has 3 fully saturated rings. The second-order valence-corrected chi connectivity index (χ2v) is 7.92. The van der Waals surface area contributed by atoms with Gasteiger partial charge in [-0.1, -0.05) is 0 Å². The zero-order valence-electron chi connectivity index (χ0n) is 19.7. The third-order valence-electron chi connectivity index (χ3n) is 6.56. The molecule has 3 atom stereocenters. The highest BCUT2D eigenvalue weighted by Gasteiger charge is 2.65. The van der Waals surface area contributed by atoms with Crippen molar-refractivity contribution in [2.75, 3.05) is 41.7 Å². The van der Waals surface area contributed by atoms with Gasteiger partial charge in [0.1, 0.15) is 16.6 Å². The predicted molar refractivity (Wildman–Crippen MR) is 111 cm³/mol.